The lowest BCUT2D eigenvalue weighted by Gasteiger charge is -2.16. The molecule has 1 rings (SSSR count). The zero-order valence-electron chi connectivity index (χ0n) is 9.92. The van der Waals surface area contributed by atoms with Gasteiger partial charge in [-0.3, -0.25) is 4.79 Å². The molecule has 7 nitrogen and oxygen atoms in total. The summed E-state index contributed by atoms with van der Waals surface area (Å²) in [4.78, 5) is 21.8. The largest absolute Gasteiger partial charge is 0.478 e. The average Bonchev–Trinajstić information content (AvgIpc) is 2.59. The number of aliphatic carboxylic acids is 1. The van der Waals surface area contributed by atoms with Crippen molar-refractivity contribution < 1.29 is 23.1 Å². The molecule has 1 heterocycles. The minimum absolute atomic E-state index is 0.126. The van der Waals surface area contributed by atoms with Crippen molar-refractivity contribution in [3.8, 4) is 0 Å². The highest BCUT2D eigenvalue weighted by Crippen LogP contribution is 2.17. The van der Waals surface area contributed by atoms with Gasteiger partial charge < -0.3 is 10.4 Å². The molecule has 1 aliphatic heterocycles. The van der Waals surface area contributed by atoms with Gasteiger partial charge >= 0.3 is 5.97 Å². The van der Waals surface area contributed by atoms with Gasteiger partial charge in [0, 0.05) is 24.6 Å². The van der Waals surface area contributed by atoms with Crippen LogP contribution in [0.2, 0.25) is 0 Å². The van der Waals surface area contributed by atoms with Crippen LogP contribution >= 0.6 is 0 Å². The third kappa shape index (κ3) is 5.28. The number of hydrogen-bond acceptors (Lipinski definition) is 4. The Morgan fingerprint density at radius 2 is 2.33 bits per heavy atom. The van der Waals surface area contributed by atoms with Crippen molar-refractivity contribution in [1.82, 2.24) is 10.0 Å². The second-order valence-corrected chi connectivity index (χ2v) is 5.99. The number of carbonyl (C=O) groups excluding carboxylic acids is 1. The van der Waals surface area contributed by atoms with Crippen molar-refractivity contribution in [2.24, 2.45) is 5.92 Å². The topological polar surface area (TPSA) is 113 Å². The van der Waals surface area contributed by atoms with Gasteiger partial charge in [-0.2, -0.15) is 0 Å². The predicted molar refractivity (Wildman–Crippen MR) is 64.3 cm³/mol. The molecular weight excluding hydrogens is 260 g/mol. The SMILES string of the molecule is CS(=O)(=O)N[C@H](/C=C/C(=O)O)C[C@@H]1CCNC1=O. The molecule has 102 valence electrons. The van der Waals surface area contributed by atoms with E-state index in [2.05, 4.69) is 10.0 Å². The first-order chi connectivity index (χ1) is 8.28. The molecule has 2 atom stereocenters. The quantitative estimate of drug-likeness (QED) is 0.543. The van der Waals surface area contributed by atoms with E-state index >= 15 is 0 Å². The van der Waals surface area contributed by atoms with Gasteiger partial charge in [0.15, 0.2) is 0 Å². The van der Waals surface area contributed by atoms with Crippen LogP contribution in [0.3, 0.4) is 0 Å². The fraction of sp³-hybridized carbons (Fsp3) is 0.600. The zero-order valence-corrected chi connectivity index (χ0v) is 10.7. The maximum atomic E-state index is 11.4. The Kier molecular flexibility index (Phi) is 4.85. The first-order valence-corrected chi connectivity index (χ1v) is 7.33. The lowest BCUT2D eigenvalue weighted by atomic mass is 9.99. The van der Waals surface area contributed by atoms with Crippen LogP contribution in [-0.4, -0.2) is 44.2 Å². The van der Waals surface area contributed by atoms with Crippen LogP contribution < -0.4 is 10.0 Å². The fourth-order valence-electron chi connectivity index (χ4n) is 1.82. The Hall–Kier alpha value is -1.41. The summed E-state index contributed by atoms with van der Waals surface area (Å²) in [6, 6.07) is -0.690. The number of amides is 1. The van der Waals surface area contributed by atoms with Crippen molar-refractivity contribution >= 4 is 21.9 Å². The Balaban J connectivity index is 2.70. The van der Waals surface area contributed by atoms with E-state index in [4.69, 9.17) is 5.11 Å². The van der Waals surface area contributed by atoms with E-state index in [1.807, 2.05) is 0 Å². The molecule has 1 saturated heterocycles. The third-order valence-electron chi connectivity index (χ3n) is 2.54. The normalized spacial score (nSPS) is 22.1. The summed E-state index contributed by atoms with van der Waals surface area (Å²) < 4.78 is 24.6. The smallest absolute Gasteiger partial charge is 0.328 e. The molecule has 0 radical (unpaired) electrons. The van der Waals surface area contributed by atoms with Gasteiger partial charge in [-0.15, -0.1) is 0 Å². The number of rotatable bonds is 6. The molecule has 3 N–H and O–H groups in total. The van der Waals surface area contributed by atoms with Gasteiger partial charge in [-0.1, -0.05) is 6.08 Å². The van der Waals surface area contributed by atoms with E-state index < -0.39 is 22.0 Å². The van der Waals surface area contributed by atoms with Crippen LogP contribution in [0.4, 0.5) is 0 Å². The molecule has 0 aromatic heterocycles. The molecule has 0 saturated carbocycles. The summed E-state index contributed by atoms with van der Waals surface area (Å²) in [5.74, 6) is -1.58. The molecule has 0 bridgehead atoms. The van der Waals surface area contributed by atoms with Gasteiger partial charge in [0.2, 0.25) is 15.9 Å². The Bertz CT molecular complexity index is 457. The summed E-state index contributed by atoms with van der Waals surface area (Å²) in [6.45, 7) is 0.567. The highest BCUT2D eigenvalue weighted by Gasteiger charge is 2.27. The monoisotopic (exact) mass is 276 g/mol. The summed E-state index contributed by atoms with van der Waals surface area (Å²) in [5.41, 5.74) is 0. The van der Waals surface area contributed by atoms with E-state index in [0.717, 1.165) is 12.3 Å². The van der Waals surface area contributed by atoms with Crippen LogP contribution in [0.5, 0.6) is 0 Å². The number of nitrogens with one attached hydrogen (secondary N) is 2. The maximum Gasteiger partial charge on any atom is 0.328 e. The van der Waals surface area contributed by atoms with Gasteiger partial charge in [-0.25, -0.2) is 17.9 Å². The summed E-state index contributed by atoms with van der Waals surface area (Å²) >= 11 is 0. The average molecular weight is 276 g/mol. The molecule has 0 aromatic rings. The number of hydrogen-bond donors (Lipinski definition) is 3. The summed E-state index contributed by atoms with van der Waals surface area (Å²) in [7, 11) is -3.46. The van der Waals surface area contributed by atoms with E-state index in [9.17, 15) is 18.0 Å². The van der Waals surface area contributed by atoms with Crippen LogP contribution in [-0.2, 0) is 19.6 Å². The van der Waals surface area contributed by atoms with E-state index in [1.165, 1.54) is 6.08 Å². The first kappa shape index (κ1) is 14.7. The zero-order chi connectivity index (χ0) is 13.8. The highest BCUT2D eigenvalue weighted by molar-refractivity contribution is 7.88. The molecule has 1 aliphatic rings. The summed E-state index contributed by atoms with van der Waals surface area (Å²) in [6.07, 6.45) is 3.98. The Labute approximate surface area is 105 Å². The minimum atomic E-state index is -3.46. The standard InChI is InChI=1S/C10H16N2O5S/c1-18(16,17)12-8(2-3-9(13)14)6-7-4-5-11-10(7)15/h2-3,7-8,12H,4-6H2,1H3,(H,11,15)(H,13,14)/b3-2+/t7-,8+/m0/s1. The third-order valence-corrected chi connectivity index (χ3v) is 3.27. The number of carboxylic acid groups (broad SMARTS) is 1. The molecule has 1 fully saturated rings. The van der Waals surface area contributed by atoms with Crippen molar-refractivity contribution in [3.05, 3.63) is 12.2 Å². The van der Waals surface area contributed by atoms with Crippen LogP contribution in [0.1, 0.15) is 12.8 Å². The number of carbonyl (C=O) groups is 2. The molecule has 18 heavy (non-hydrogen) atoms. The van der Waals surface area contributed by atoms with E-state index in [0.29, 0.717) is 13.0 Å². The van der Waals surface area contributed by atoms with Gasteiger partial charge in [0.05, 0.1) is 6.26 Å². The van der Waals surface area contributed by atoms with Crippen LogP contribution in [0, 0.1) is 5.92 Å². The molecular formula is C10H16N2O5S. The second kappa shape index (κ2) is 5.96. The number of sulfonamides is 1. The number of carboxylic acids is 1. The minimum Gasteiger partial charge on any atom is -0.478 e. The highest BCUT2D eigenvalue weighted by atomic mass is 32.2. The molecule has 0 unspecified atom stereocenters. The van der Waals surface area contributed by atoms with Crippen molar-refractivity contribution in [2.45, 2.75) is 18.9 Å². The lowest BCUT2D eigenvalue weighted by molar-refractivity contribution is -0.131. The molecule has 1 amide bonds. The van der Waals surface area contributed by atoms with Crippen molar-refractivity contribution in [1.29, 1.82) is 0 Å². The molecule has 8 heteroatoms. The van der Waals surface area contributed by atoms with E-state index in [-0.39, 0.29) is 18.2 Å². The van der Waals surface area contributed by atoms with Gasteiger partial charge in [-0.05, 0) is 12.8 Å². The van der Waals surface area contributed by atoms with Gasteiger partial charge in [0.1, 0.15) is 0 Å². The molecule has 0 aromatic carbocycles. The Morgan fingerprint density at radius 1 is 1.67 bits per heavy atom. The second-order valence-electron chi connectivity index (χ2n) is 4.21. The van der Waals surface area contributed by atoms with Crippen molar-refractivity contribution in [2.75, 3.05) is 12.8 Å². The van der Waals surface area contributed by atoms with Crippen molar-refractivity contribution in [3.63, 3.8) is 0 Å². The molecule has 0 spiro atoms. The first-order valence-electron chi connectivity index (χ1n) is 5.44. The Morgan fingerprint density at radius 3 is 2.78 bits per heavy atom. The maximum absolute atomic E-state index is 11.4. The molecule has 0 aliphatic carbocycles. The van der Waals surface area contributed by atoms with Crippen LogP contribution in [0.25, 0.3) is 0 Å². The predicted octanol–water partition coefficient (Wildman–Crippen LogP) is -0.929. The van der Waals surface area contributed by atoms with E-state index in [1.54, 1.807) is 0 Å². The summed E-state index contributed by atoms with van der Waals surface area (Å²) in [5, 5.41) is 11.2. The lowest BCUT2D eigenvalue weighted by Crippen LogP contribution is -2.35. The van der Waals surface area contributed by atoms with Gasteiger partial charge in [0.25, 0.3) is 0 Å². The van der Waals surface area contributed by atoms with Crippen LogP contribution in [0.15, 0.2) is 12.2 Å². The fourth-order valence-corrected chi connectivity index (χ4v) is 2.54.